The number of aromatic amines is 1. The summed E-state index contributed by atoms with van der Waals surface area (Å²) in [5, 5.41) is 12.2. The summed E-state index contributed by atoms with van der Waals surface area (Å²) in [6.07, 6.45) is 1.89. The van der Waals surface area contributed by atoms with Gasteiger partial charge in [0.15, 0.2) is 5.82 Å². The number of aryl methyl sites for hydroxylation is 1. The minimum Gasteiger partial charge on any atom is -0.382 e. The number of hydrogen-bond acceptors (Lipinski definition) is 6. The summed E-state index contributed by atoms with van der Waals surface area (Å²) < 4.78 is 9.04. The first kappa shape index (κ1) is 18.2. The fourth-order valence-electron chi connectivity index (χ4n) is 4.36. The number of rotatable bonds is 4. The van der Waals surface area contributed by atoms with E-state index < -0.39 is 0 Å². The van der Waals surface area contributed by atoms with Crippen LogP contribution in [-0.2, 0) is 11.8 Å². The van der Waals surface area contributed by atoms with E-state index >= 15 is 0 Å². The van der Waals surface area contributed by atoms with Gasteiger partial charge in [-0.1, -0.05) is 13.8 Å². The van der Waals surface area contributed by atoms with Crippen LogP contribution in [0.3, 0.4) is 0 Å². The summed E-state index contributed by atoms with van der Waals surface area (Å²) in [4.78, 5) is 15.4. The second kappa shape index (κ2) is 6.09. The molecule has 3 N–H and O–H groups in total. The Morgan fingerprint density at radius 2 is 2.00 bits per heavy atom. The van der Waals surface area contributed by atoms with E-state index in [0.29, 0.717) is 22.2 Å². The number of hydrogen-bond donors (Lipinski definition) is 2. The Morgan fingerprint density at radius 1 is 1.28 bits per heavy atom. The number of nitrogens with zero attached hydrogens (tertiary/aromatic N) is 5. The van der Waals surface area contributed by atoms with Gasteiger partial charge in [-0.2, -0.15) is 10.2 Å². The molecule has 2 saturated heterocycles. The molecular weight excluding hydrogens is 370 g/mol. The molecule has 154 valence electrons. The maximum absolute atomic E-state index is 13.1. The van der Waals surface area contributed by atoms with Crippen molar-refractivity contribution < 1.29 is 4.74 Å². The maximum atomic E-state index is 13.1. The Balaban J connectivity index is 1.61. The van der Waals surface area contributed by atoms with Crippen LogP contribution >= 0.6 is 0 Å². The molecule has 9 nitrogen and oxygen atoms in total. The van der Waals surface area contributed by atoms with Crippen molar-refractivity contribution in [3.8, 4) is 11.3 Å². The van der Waals surface area contributed by atoms with E-state index in [1.54, 1.807) is 4.57 Å². The minimum absolute atomic E-state index is 0.0250. The first-order valence-corrected chi connectivity index (χ1v) is 10.1. The first-order valence-electron chi connectivity index (χ1n) is 10.1. The van der Waals surface area contributed by atoms with Crippen LogP contribution in [0.5, 0.6) is 0 Å². The Kier molecular flexibility index (Phi) is 3.83. The highest BCUT2D eigenvalue weighted by atomic mass is 16.5. The third kappa shape index (κ3) is 2.60. The number of ether oxygens (including phenoxy) is 1. The quantitative estimate of drug-likeness (QED) is 0.695. The molecule has 1 spiro atoms. The molecule has 2 fully saturated rings. The third-order valence-corrected chi connectivity index (χ3v) is 6.51. The molecule has 0 saturated carbocycles. The highest BCUT2D eigenvalue weighted by Gasteiger charge is 2.49. The second-order valence-corrected chi connectivity index (χ2v) is 8.96. The summed E-state index contributed by atoms with van der Waals surface area (Å²) in [6, 6.07) is 2.10. The van der Waals surface area contributed by atoms with Gasteiger partial charge >= 0.3 is 0 Å². The molecule has 2 aliphatic rings. The van der Waals surface area contributed by atoms with Crippen molar-refractivity contribution in [2.45, 2.75) is 26.8 Å². The summed E-state index contributed by atoms with van der Waals surface area (Å²) in [5.74, 6) is 1.59. The highest BCUT2D eigenvalue weighted by molar-refractivity contribution is 5.97. The number of H-pyrrole nitrogens is 1. The van der Waals surface area contributed by atoms with Gasteiger partial charge < -0.3 is 19.9 Å². The molecule has 0 radical (unpaired) electrons. The Labute approximate surface area is 168 Å². The maximum Gasteiger partial charge on any atom is 0.264 e. The molecule has 1 unspecified atom stereocenters. The van der Waals surface area contributed by atoms with Gasteiger partial charge in [0.05, 0.1) is 29.8 Å². The van der Waals surface area contributed by atoms with Crippen LogP contribution in [0.1, 0.15) is 26.8 Å². The van der Waals surface area contributed by atoms with Crippen LogP contribution in [0.15, 0.2) is 17.1 Å². The van der Waals surface area contributed by atoms with E-state index in [9.17, 15) is 4.79 Å². The number of nitrogens with one attached hydrogen (secondary N) is 1. The SMILES string of the molecule is CC(C)C(C)n1cc(-c2cc(N3CC4(COC4)C3)n(C)n2)c2[nH]nc(N)c2c1=O. The van der Waals surface area contributed by atoms with Gasteiger partial charge in [-0.25, -0.2) is 0 Å². The molecule has 2 aliphatic heterocycles. The summed E-state index contributed by atoms with van der Waals surface area (Å²) >= 11 is 0. The first-order chi connectivity index (χ1) is 13.8. The summed E-state index contributed by atoms with van der Waals surface area (Å²) in [6.45, 7) is 9.91. The fraction of sp³-hybridized carbons (Fsp3) is 0.550. The molecule has 1 atom stereocenters. The van der Waals surface area contributed by atoms with Crippen molar-refractivity contribution in [2.75, 3.05) is 36.9 Å². The van der Waals surface area contributed by atoms with Crippen molar-refractivity contribution in [3.05, 3.63) is 22.6 Å². The summed E-state index contributed by atoms with van der Waals surface area (Å²) in [5.41, 5.74) is 8.51. The lowest BCUT2D eigenvalue weighted by molar-refractivity contribution is -0.127. The van der Waals surface area contributed by atoms with Crippen LogP contribution in [0.2, 0.25) is 0 Å². The van der Waals surface area contributed by atoms with E-state index in [0.717, 1.165) is 43.4 Å². The molecule has 3 aromatic rings. The van der Waals surface area contributed by atoms with Gasteiger partial charge in [-0.3, -0.25) is 14.6 Å². The Hall–Kier alpha value is -2.81. The number of fused-ring (bicyclic) bond motifs is 1. The monoisotopic (exact) mass is 397 g/mol. The largest absolute Gasteiger partial charge is 0.382 e. The molecule has 3 aromatic heterocycles. The third-order valence-electron chi connectivity index (χ3n) is 6.51. The van der Waals surface area contributed by atoms with Crippen LogP contribution in [-0.4, -0.2) is 50.8 Å². The summed E-state index contributed by atoms with van der Waals surface area (Å²) in [7, 11) is 1.95. The molecule has 5 rings (SSSR count). The molecule has 5 heterocycles. The standard InChI is InChI=1S/C20H27N7O2/c1-11(2)12(3)27-6-13(17-16(19(27)28)18(21)23-22-17)14-5-15(25(4)24-14)26-7-20(8-26)9-29-10-20/h5-6,11-12H,7-10H2,1-4H3,(H3,21,22,23). The predicted octanol–water partition coefficient (Wildman–Crippen LogP) is 1.76. The van der Waals surface area contributed by atoms with Crippen molar-refractivity contribution in [3.63, 3.8) is 0 Å². The second-order valence-electron chi connectivity index (χ2n) is 8.96. The fourth-order valence-corrected chi connectivity index (χ4v) is 4.36. The average Bonchev–Trinajstić information content (AvgIpc) is 3.16. The molecule has 9 heteroatoms. The van der Waals surface area contributed by atoms with Gasteiger partial charge in [-0.15, -0.1) is 0 Å². The van der Waals surface area contributed by atoms with Crippen LogP contribution in [0, 0.1) is 11.3 Å². The van der Waals surface area contributed by atoms with Gasteiger partial charge in [0.1, 0.15) is 11.2 Å². The van der Waals surface area contributed by atoms with E-state index in [-0.39, 0.29) is 17.4 Å². The highest BCUT2D eigenvalue weighted by Crippen LogP contribution is 2.41. The van der Waals surface area contributed by atoms with Crippen LogP contribution in [0.25, 0.3) is 22.2 Å². The van der Waals surface area contributed by atoms with Gasteiger partial charge in [-0.05, 0) is 12.8 Å². The van der Waals surface area contributed by atoms with E-state index in [1.807, 2.05) is 24.9 Å². The molecule has 0 bridgehead atoms. The number of pyridine rings is 1. The molecular formula is C20H27N7O2. The average molecular weight is 397 g/mol. The van der Waals surface area contributed by atoms with Gasteiger partial charge in [0.25, 0.3) is 5.56 Å². The van der Waals surface area contributed by atoms with Crippen LogP contribution in [0.4, 0.5) is 11.6 Å². The van der Waals surface area contributed by atoms with Crippen molar-refractivity contribution in [1.82, 2.24) is 24.5 Å². The van der Waals surface area contributed by atoms with Crippen molar-refractivity contribution >= 4 is 22.5 Å². The Morgan fingerprint density at radius 3 is 2.62 bits per heavy atom. The van der Waals surface area contributed by atoms with Crippen molar-refractivity contribution in [2.24, 2.45) is 18.4 Å². The molecule has 0 aliphatic carbocycles. The zero-order valence-electron chi connectivity index (χ0n) is 17.3. The van der Waals surface area contributed by atoms with Gasteiger partial charge in [0.2, 0.25) is 0 Å². The van der Waals surface area contributed by atoms with Crippen molar-refractivity contribution in [1.29, 1.82) is 0 Å². The number of nitrogens with two attached hydrogens (primary N) is 1. The molecule has 0 amide bonds. The smallest absolute Gasteiger partial charge is 0.264 e. The normalized spacial score (nSPS) is 19.0. The Bertz CT molecular complexity index is 1140. The minimum atomic E-state index is -0.123. The predicted molar refractivity (Wildman–Crippen MR) is 112 cm³/mol. The molecule has 0 aromatic carbocycles. The zero-order valence-corrected chi connectivity index (χ0v) is 17.3. The topological polar surface area (TPSA) is 107 Å². The lowest BCUT2D eigenvalue weighted by Crippen LogP contribution is -2.66. The number of nitrogen functional groups attached to an aromatic ring is 1. The lowest BCUT2D eigenvalue weighted by Gasteiger charge is -2.55. The number of aromatic nitrogens is 5. The van der Waals surface area contributed by atoms with E-state index in [2.05, 4.69) is 35.0 Å². The lowest BCUT2D eigenvalue weighted by atomic mass is 9.78. The zero-order chi connectivity index (χ0) is 20.5. The molecule has 29 heavy (non-hydrogen) atoms. The number of anilines is 2. The van der Waals surface area contributed by atoms with E-state index in [1.165, 1.54) is 0 Å². The van der Waals surface area contributed by atoms with Crippen LogP contribution < -0.4 is 16.2 Å². The van der Waals surface area contributed by atoms with Gasteiger partial charge in [0, 0.05) is 44.0 Å². The van der Waals surface area contributed by atoms with E-state index in [4.69, 9.17) is 15.6 Å².